The van der Waals surface area contributed by atoms with Gasteiger partial charge in [-0.05, 0) is 30.7 Å². The zero-order chi connectivity index (χ0) is 15.8. The standard InChI is InChI=1S/C17H16N2O4/c1-20-10-5-6-11(15(8-10)21-2)16-18-17(23-19-16)13-9-12(13)14-4-3-7-22-14/h3-8,12-13H,9H2,1-2H3/t12-,13+/m1/s1. The Labute approximate surface area is 133 Å². The van der Waals surface area contributed by atoms with Crippen LogP contribution in [0.15, 0.2) is 45.5 Å². The average molecular weight is 312 g/mol. The minimum Gasteiger partial charge on any atom is -0.497 e. The van der Waals surface area contributed by atoms with E-state index in [2.05, 4.69) is 10.1 Å². The SMILES string of the molecule is COc1ccc(-c2noc([C@H]3C[C@H]3c3ccco3)n2)c(OC)c1. The molecule has 1 aromatic carbocycles. The molecular formula is C17H16N2O4. The van der Waals surface area contributed by atoms with E-state index in [1.807, 2.05) is 24.3 Å². The summed E-state index contributed by atoms with van der Waals surface area (Å²) in [4.78, 5) is 4.53. The molecule has 0 radical (unpaired) electrons. The molecule has 1 aliphatic carbocycles. The highest BCUT2D eigenvalue weighted by molar-refractivity contribution is 5.65. The summed E-state index contributed by atoms with van der Waals surface area (Å²) < 4.78 is 21.5. The molecule has 0 amide bonds. The zero-order valence-corrected chi connectivity index (χ0v) is 12.9. The van der Waals surface area contributed by atoms with Crippen molar-refractivity contribution in [1.29, 1.82) is 0 Å². The third kappa shape index (κ3) is 2.46. The smallest absolute Gasteiger partial charge is 0.230 e. The van der Waals surface area contributed by atoms with Crippen LogP contribution in [0, 0.1) is 0 Å². The number of ether oxygens (including phenoxy) is 2. The molecule has 6 nitrogen and oxygen atoms in total. The molecule has 0 spiro atoms. The highest BCUT2D eigenvalue weighted by atomic mass is 16.5. The molecule has 1 aliphatic rings. The first-order valence-electron chi connectivity index (χ1n) is 7.39. The van der Waals surface area contributed by atoms with E-state index in [9.17, 15) is 0 Å². The Morgan fingerprint density at radius 2 is 2.04 bits per heavy atom. The van der Waals surface area contributed by atoms with Crippen LogP contribution in [0.1, 0.15) is 29.9 Å². The van der Waals surface area contributed by atoms with Crippen LogP contribution < -0.4 is 9.47 Å². The second kappa shape index (κ2) is 5.46. The Morgan fingerprint density at radius 3 is 2.78 bits per heavy atom. The molecule has 0 saturated heterocycles. The van der Waals surface area contributed by atoms with E-state index in [1.54, 1.807) is 26.5 Å². The van der Waals surface area contributed by atoms with Crippen LogP contribution in [0.4, 0.5) is 0 Å². The fourth-order valence-electron chi connectivity index (χ4n) is 2.76. The number of rotatable bonds is 5. The van der Waals surface area contributed by atoms with Crippen molar-refractivity contribution in [1.82, 2.24) is 10.1 Å². The molecule has 23 heavy (non-hydrogen) atoms. The van der Waals surface area contributed by atoms with Crippen LogP contribution in [-0.2, 0) is 0 Å². The summed E-state index contributed by atoms with van der Waals surface area (Å²) in [6.45, 7) is 0. The molecule has 0 aliphatic heterocycles. The third-order valence-electron chi connectivity index (χ3n) is 4.11. The lowest BCUT2D eigenvalue weighted by atomic mass is 10.2. The van der Waals surface area contributed by atoms with Crippen molar-refractivity contribution in [2.24, 2.45) is 0 Å². The van der Waals surface area contributed by atoms with Gasteiger partial charge in [-0.1, -0.05) is 5.16 Å². The van der Waals surface area contributed by atoms with E-state index in [0.29, 0.717) is 23.4 Å². The van der Waals surface area contributed by atoms with Crippen LogP contribution in [0.25, 0.3) is 11.4 Å². The summed E-state index contributed by atoms with van der Waals surface area (Å²) in [6.07, 6.45) is 2.65. The molecule has 2 atom stereocenters. The van der Waals surface area contributed by atoms with Crippen LogP contribution in [-0.4, -0.2) is 24.4 Å². The maximum Gasteiger partial charge on any atom is 0.230 e. The average Bonchev–Trinajstić information content (AvgIpc) is 3.03. The van der Waals surface area contributed by atoms with E-state index >= 15 is 0 Å². The number of nitrogens with zero attached hydrogens (tertiary/aromatic N) is 2. The Hall–Kier alpha value is -2.76. The van der Waals surface area contributed by atoms with Crippen LogP contribution in [0.3, 0.4) is 0 Å². The van der Waals surface area contributed by atoms with Gasteiger partial charge in [0.05, 0.1) is 26.0 Å². The summed E-state index contributed by atoms with van der Waals surface area (Å²) in [6, 6.07) is 9.38. The predicted molar refractivity (Wildman–Crippen MR) is 81.6 cm³/mol. The maximum absolute atomic E-state index is 5.44. The number of furan rings is 1. The van der Waals surface area contributed by atoms with Crippen LogP contribution in [0.2, 0.25) is 0 Å². The van der Waals surface area contributed by atoms with Gasteiger partial charge in [0.2, 0.25) is 11.7 Å². The van der Waals surface area contributed by atoms with E-state index in [-0.39, 0.29) is 5.92 Å². The number of benzene rings is 1. The number of methoxy groups -OCH3 is 2. The minimum atomic E-state index is 0.228. The third-order valence-corrected chi connectivity index (χ3v) is 4.11. The van der Waals surface area contributed by atoms with Gasteiger partial charge in [0.1, 0.15) is 17.3 Å². The van der Waals surface area contributed by atoms with E-state index < -0.39 is 0 Å². The second-order valence-corrected chi connectivity index (χ2v) is 5.49. The Balaban J connectivity index is 1.59. The lowest BCUT2D eigenvalue weighted by molar-refractivity contribution is 0.375. The predicted octanol–water partition coefficient (Wildman–Crippen LogP) is 3.62. The van der Waals surface area contributed by atoms with Gasteiger partial charge in [0, 0.05) is 17.9 Å². The molecule has 2 aromatic heterocycles. The molecule has 2 heterocycles. The first-order chi connectivity index (χ1) is 11.3. The fraction of sp³-hybridized carbons (Fsp3) is 0.294. The normalized spacial score (nSPS) is 19.6. The van der Waals surface area contributed by atoms with Crippen molar-refractivity contribution in [3.8, 4) is 22.9 Å². The number of aromatic nitrogens is 2. The molecular weight excluding hydrogens is 296 g/mol. The van der Waals surface area contributed by atoms with E-state index in [0.717, 1.165) is 23.5 Å². The van der Waals surface area contributed by atoms with Crippen molar-refractivity contribution in [3.63, 3.8) is 0 Å². The van der Waals surface area contributed by atoms with Gasteiger partial charge >= 0.3 is 0 Å². The Morgan fingerprint density at radius 1 is 1.13 bits per heavy atom. The minimum absolute atomic E-state index is 0.228. The van der Waals surface area contributed by atoms with Gasteiger partial charge < -0.3 is 18.4 Å². The summed E-state index contributed by atoms with van der Waals surface area (Å²) in [7, 11) is 3.22. The van der Waals surface area contributed by atoms with Gasteiger partial charge in [0.25, 0.3) is 0 Å². The van der Waals surface area contributed by atoms with Crippen molar-refractivity contribution < 1.29 is 18.4 Å². The van der Waals surface area contributed by atoms with Crippen LogP contribution in [0.5, 0.6) is 11.5 Å². The van der Waals surface area contributed by atoms with Crippen molar-refractivity contribution >= 4 is 0 Å². The van der Waals surface area contributed by atoms with Gasteiger partial charge in [-0.3, -0.25) is 0 Å². The Bertz CT molecular complexity index is 810. The Kier molecular flexibility index (Phi) is 3.29. The first-order valence-corrected chi connectivity index (χ1v) is 7.39. The second-order valence-electron chi connectivity index (χ2n) is 5.49. The summed E-state index contributed by atoms with van der Waals surface area (Å²) >= 11 is 0. The molecule has 0 unspecified atom stereocenters. The molecule has 118 valence electrons. The summed E-state index contributed by atoms with van der Waals surface area (Å²) in [5.41, 5.74) is 0.776. The molecule has 1 fully saturated rings. The van der Waals surface area contributed by atoms with Gasteiger partial charge in [-0.25, -0.2) is 0 Å². The summed E-state index contributed by atoms with van der Waals surface area (Å²) in [5.74, 6) is 4.05. The largest absolute Gasteiger partial charge is 0.497 e. The van der Waals surface area contributed by atoms with Gasteiger partial charge in [0.15, 0.2) is 0 Å². The lowest BCUT2D eigenvalue weighted by Gasteiger charge is -2.07. The van der Waals surface area contributed by atoms with E-state index in [4.69, 9.17) is 18.4 Å². The zero-order valence-electron chi connectivity index (χ0n) is 12.9. The van der Waals surface area contributed by atoms with Gasteiger partial charge in [-0.2, -0.15) is 4.98 Å². The summed E-state index contributed by atoms with van der Waals surface area (Å²) in [5, 5.41) is 4.09. The topological polar surface area (TPSA) is 70.5 Å². The molecule has 6 heteroatoms. The number of hydrogen-bond acceptors (Lipinski definition) is 6. The molecule has 1 saturated carbocycles. The first kappa shape index (κ1) is 13.9. The lowest BCUT2D eigenvalue weighted by Crippen LogP contribution is -1.91. The van der Waals surface area contributed by atoms with Gasteiger partial charge in [-0.15, -0.1) is 0 Å². The highest BCUT2D eigenvalue weighted by Crippen LogP contribution is 2.54. The monoisotopic (exact) mass is 312 g/mol. The van der Waals surface area contributed by atoms with E-state index in [1.165, 1.54) is 0 Å². The molecule has 4 rings (SSSR count). The van der Waals surface area contributed by atoms with Crippen molar-refractivity contribution in [2.75, 3.05) is 14.2 Å². The molecule has 0 bridgehead atoms. The fourth-order valence-corrected chi connectivity index (χ4v) is 2.76. The molecule has 3 aromatic rings. The quantitative estimate of drug-likeness (QED) is 0.716. The molecule has 0 N–H and O–H groups in total. The maximum atomic E-state index is 5.44. The number of hydrogen-bond donors (Lipinski definition) is 0. The highest BCUT2D eigenvalue weighted by Gasteiger charge is 2.45. The van der Waals surface area contributed by atoms with Crippen LogP contribution >= 0.6 is 0 Å². The van der Waals surface area contributed by atoms with Crippen molar-refractivity contribution in [3.05, 3.63) is 48.2 Å². The van der Waals surface area contributed by atoms with Crippen molar-refractivity contribution in [2.45, 2.75) is 18.3 Å².